The van der Waals surface area contributed by atoms with E-state index in [1.165, 1.54) is 36.7 Å². The van der Waals surface area contributed by atoms with E-state index in [-0.39, 0.29) is 31.2 Å². The molecule has 2 heterocycles. The Morgan fingerprint density at radius 1 is 0.423 bits per heavy atom. The van der Waals surface area contributed by atoms with Gasteiger partial charge in [-0.25, -0.2) is 26.8 Å². The molecule has 0 fully saturated rings. The summed E-state index contributed by atoms with van der Waals surface area (Å²) < 4.78 is 50.6. The molecule has 0 aliphatic rings. The van der Waals surface area contributed by atoms with Crippen LogP contribution in [0.25, 0.3) is 22.3 Å². The molecule has 0 bridgehead atoms. The highest BCUT2D eigenvalue weighted by atomic mass is 32.2. The standard InChI is InChI=1S/2C20H20N2O3S/c2*1-20(2,23)16-7-3-14(4-8-16)15-5-9-17(10-6-15)26(24,25)18-11-12-19(21)22-13-18/h2*3-13,23H,1-2H3,(H2,21,22). The molecule has 6 aromatic rings. The van der Waals surface area contributed by atoms with E-state index in [0.29, 0.717) is 0 Å². The number of aromatic nitrogens is 2. The van der Waals surface area contributed by atoms with E-state index in [1.807, 2.05) is 48.5 Å². The first kappa shape index (κ1) is 37.8. The van der Waals surface area contributed by atoms with Crippen LogP contribution < -0.4 is 11.5 Å². The second-order valence-corrected chi connectivity index (χ2v) is 17.1. The number of hydrogen-bond donors (Lipinski definition) is 4. The first-order valence-corrected chi connectivity index (χ1v) is 19.1. The van der Waals surface area contributed by atoms with Crippen molar-refractivity contribution in [2.75, 3.05) is 11.5 Å². The molecule has 2 aromatic heterocycles. The molecule has 0 unspecified atom stereocenters. The Labute approximate surface area is 304 Å². The zero-order chi connectivity index (χ0) is 37.9. The number of rotatable bonds is 8. The number of anilines is 2. The summed E-state index contributed by atoms with van der Waals surface area (Å²) in [6.07, 6.45) is 2.52. The lowest BCUT2D eigenvalue weighted by Gasteiger charge is -2.18. The van der Waals surface area contributed by atoms with Gasteiger partial charge in [0, 0.05) is 12.4 Å². The van der Waals surface area contributed by atoms with Crippen LogP contribution in [0.2, 0.25) is 0 Å². The van der Waals surface area contributed by atoms with Gasteiger partial charge in [0.2, 0.25) is 19.7 Å². The number of nitrogens with two attached hydrogens (primary N) is 2. The highest BCUT2D eigenvalue weighted by molar-refractivity contribution is 7.91. The smallest absolute Gasteiger partial charge is 0.208 e. The molecule has 52 heavy (non-hydrogen) atoms. The van der Waals surface area contributed by atoms with Crippen LogP contribution in [0, 0.1) is 0 Å². The van der Waals surface area contributed by atoms with Crippen molar-refractivity contribution in [2.45, 2.75) is 58.5 Å². The first-order chi connectivity index (χ1) is 24.4. The van der Waals surface area contributed by atoms with E-state index in [2.05, 4.69) is 9.97 Å². The molecule has 6 rings (SSSR count). The van der Waals surface area contributed by atoms with E-state index in [9.17, 15) is 27.0 Å². The van der Waals surface area contributed by atoms with Crippen LogP contribution in [0.1, 0.15) is 38.8 Å². The summed E-state index contributed by atoms with van der Waals surface area (Å²) in [7, 11) is -7.26. The topological polar surface area (TPSA) is 187 Å². The lowest BCUT2D eigenvalue weighted by molar-refractivity contribution is 0.0780. The van der Waals surface area contributed by atoms with Gasteiger partial charge in [0.25, 0.3) is 0 Å². The molecule has 4 aromatic carbocycles. The molecule has 0 radical (unpaired) electrons. The number of nitrogens with zero attached hydrogens (tertiary/aromatic N) is 2. The van der Waals surface area contributed by atoms with E-state index in [0.717, 1.165) is 33.4 Å². The maximum atomic E-state index is 12.6. The highest BCUT2D eigenvalue weighted by Crippen LogP contribution is 2.29. The molecular weight excluding hydrogens is 697 g/mol. The minimum absolute atomic E-state index is 0.106. The molecule has 0 atom stereocenters. The van der Waals surface area contributed by atoms with Gasteiger partial charge in [-0.1, -0.05) is 72.8 Å². The fourth-order valence-corrected chi connectivity index (χ4v) is 7.58. The Bertz CT molecular complexity index is 2180. The summed E-state index contributed by atoms with van der Waals surface area (Å²) >= 11 is 0. The number of benzene rings is 4. The van der Waals surface area contributed by atoms with Gasteiger partial charge in [0.05, 0.1) is 30.8 Å². The molecule has 6 N–H and O–H groups in total. The van der Waals surface area contributed by atoms with Crippen LogP contribution in [0.15, 0.2) is 153 Å². The normalized spacial score (nSPS) is 12.1. The maximum absolute atomic E-state index is 12.6. The Hall–Kier alpha value is -5.40. The van der Waals surface area contributed by atoms with Crippen LogP contribution in [0.4, 0.5) is 11.6 Å². The van der Waals surface area contributed by atoms with E-state index in [4.69, 9.17) is 11.5 Å². The molecule has 0 aliphatic carbocycles. The monoisotopic (exact) mass is 736 g/mol. The fraction of sp³-hybridized carbons (Fsp3) is 0.150. The summed E-state index contributed by atoms with van der Waals surface area (Å²) in [5.41, 5.74) is 14.5. The van der Waals surface area contributed by atoms with Gasteiger partial charge in [-0.3, -0.25) is 0 Å². The second kappa shape index (κ2) is 14.7. The Morgan fingerprint density at radius 3 is 0.904 bits per heavy atom. The first-order valence-electron chi connectivity index (χ1n) is 16.2. The summed E-state index contributed by atoms with van der Waals surface area (Å²) in [5, 5.41) is 20.0. The number of hydrogen-bond acceptors (Lipinski definition) is 10. The third-order valence-electron chi connectivity index (χ3n) is 8.32. The van der Waals surface area contributed by atoms with Gasteiger partial charge < -0.3 is 21.7 Å². The van der Waals surface area contributed by atoms with Crippen molar-refractivity contribution in [3.05, 3.63) is 145 Å². The van der Waals surface area contributed by atoms with Gasteiger partial charge >= 0.3 is 0 Å². The van der Waals surface area contributed by atoms with Crippen molar-refractivity contribution in [2.24, 2.45) is 0 Å². The molecule has 0 spiro atoms. The van der Waals surface area contributed by atoms with E-state index < -0.39 is 30.9 Å². The highest BCUT2D eigenvalue weighted by Gasteiger charge is 2.20. The molecule has 0 aliphatic heterocycles. The predicted octanol–water partition coefficient (Wildman–Crippen LogP) is 6.78. The third-order valence-corrected chi connectivity index (χ3v) is 11.8. The van der Waals surface area contributed by atoms with Crippen LogP contribution in [0.3, 0.4) is 0 Å². The van der Waals surface area contributed by atoms with Crippen molar-refractivity contribution in [1.29, 1.82) is 0 Å². The van der Waals surface area contributed by atoms with E-state index in [1.54, 1.807) is 76.2 Å². The molecular formula is C40H40N4O6S2. The van der Waals surface area contributed by atoms with Crippen molar-refractivity contribution >= 4 is 31.3 Å². The predicted molar refractivity (Wildman–Crippen MR) is 202 cm³/mol. The second-order valence-electron chi connectivity index (χ2n) is 13.2. The van der Waals surface area contributed by atoms with Gasteiger partial charge in [-0.2, -0.15) is 0 Å². The summed E-state index contributed by atoms with van der Waals surface area (Å²) in [6.45, 7) is 6.92. The summed E-state index contributed by atoms with van der Waals surface area (Å²) in [4.78, 5) is 8.29. The Morgan fingerprint density at radius 2 is 0.673 bits per heavy atom. The minimum atomic E-state index is -3.63. The lowest BCUT2D eigenvalue weighted by atomic mass is 9.95. The molecule has 0 saturated carbocycles. The van der Waals surface area contributed by atoms with Gasteiger partial charge in [-0.15, -0.1) is 0 Å². The molecule has 10 nitrogen and oxygen atoms in total. The average Bonchev–Trinajstić information content (AvgIpc) is 3.12. The Kier molecular flexibility index (Phi) is 10.7. The van der Waals surface area contributed by atoms with Crippen LogP contribution in [-0.2, 0) is 30.9 Å². The number of aliphatic hydroxyl groups is 2. The van der Waals surface area contributed by atoms with Crippen molar-refractivity contribution in [3.63, 3.8) is 0 Å². The third kappa shape index (κ3) is 8.72. The number of sulfone groups is 2. The fourth-order valence-electron chi connectivity index (χ4n) is 5.17. The minimum Gasteiger partial charge on any atom is -0.386 e. The zero-order valence-corrected chi connectivity index (χ0v) is 30.7. The number of pyridine rings is 2. The molecule has 12 heteroatoms. The lowest BCUT2D eigenvalue weighted by Crippen LogP contribution is -2.14. The maximum Gasteiger partial charge on any atom is 0.208 e. The van der Waals surface area contributed by atoms with Gasteiger partial charge in [0.15, 0.2) is 0 Å². The van der Waals surface area contributed by atoms with Crippen molar-refractivity contribution < 1.29 is 27.0 Å². The van der Waals surface area contributed by atoms with Crippen molar-refractivity contribution in [1.82, 2.24) is 9.97 Å². The molecule has 268 valence electrons. The van der Waals surface area contributed by atoms with Gasteiger partial charge in [0.1, 0.15) is 11.6 Å². The van der Waals surface area contributed by atoms with Crippen LogP contribution in [-0.4, -0.2) is 37.0 Å². The Balaban J connectivity index is 0.000000201. The van der Waals surface area contributed by atoms with E-state index >= 15 is 0 Å². The van der Waals surface area contributed by atoms with Gasteiger partial charge in [-0.05, 0) is 110 Å². The quantitative estimate of drug-likeness (QED) is 0.130. The molecule has 0 saturated heterocycles. The van der Waals surface area contributed by atoms with Crippen LogP contribution >= 0.6 is 0 Å². The number of nitrogen functional groups attached to an aromatic ring is 2. The average molecular weight is 737 g/mol. The largest absolute Gasteiger partial charge is 0.386 e. The summed E-state index contributed by atoms with van der Waals surface area (Å²) in [5.74, 6) is 0.544. The molecule has 0 amide bonds. The van der Waals surface area contributed by atoms with Crippen LogP contribution in [0.5, 0.6) is 0 Å². The SMILES string of the molecule is CC(C)(O)c1ccc(-c2ccc(S(=O)(=O)c3ccc(N)nc3)cc2)cc1.CC(C)(O)c1ccc(-c2ccc(S(=O)(=O)c3ccc(N)nc3)cc2)cc1. The van der Waals surface area contributed by atoms with Crippen molar-refractivity contribution in [3.8, 4) is 22.3 Å². The zero-order valence-electron chi connectivity index (χ0n) is 29.1. The summed E-state index contributed by atoms with van der Waals surface area (Å²) in [6, 6.07) is 34.2.